The fraction of sp³-hybridized carbons (Fsp3) is 0.844. The van der Waals surface area contributed by atoms with Gasteiger partial charge in [0.05, 0.1) is 24.4 Å². The summed E-state index contributed by atoms with van der Waals surface area (Å²) in [4.78, 5) is 42.1. The third-order valence-electron chi connectivity index (χ3n) is 9.35. The third-order valence-corrected chi connectivity index (χ3v) is 9.35. The molecule has 1 aliphatic carbocycles. The van der Waals surface area contributed by atoms with Crippen LogP contribution in [0, 0.1) is 23.7 Å². The van der Waals surface area contributed by atoms with E-state index in [1.165, 1.54) is 4.90 Å². The molecule has 0 aromatic rings. The summed E-state index contributed by atoms with van der Waals surface area (Å²) in [5.41, 5.74) is 0.908. The zero-order valence-electron chi connectivity index (χ0n) is 26.7. The molecule has 3 rings (SSSR count). The van der Waals surface area contributed by atoms with E-state index in [-0.39, 0.29) is 36.5 Å². The van der Waals surface area contributed by atoms with E-state index < -0.39 is 53.7 Å². The Morgan fingerprint density at radius 2 is 1.67 bits per heavy atom. The number of Topliss-reactive ketones (excluding diaryl/α,β-unsaturated/α-hetero) is 1. The van der Waals surface area contributed by atoms with Crippen molar-refractivity contribution in [2.75, 3.05) is 20.8 Å². The van der Waals surface area contributed by atoms with Gasteiger partial charge in [-0.15, -0.1) is 0 Å². The second kappa shape index (κ2) is 14.8. The highest BCUT2D eigenvalue weighted by Crippen LogP contribution is 2.38. The normalized spacial score (nSPS) is 35.3. The standard InChI is InChI=1S/C32H53NO9/c1-18(2)27(20(5)15-22-12-13-24(34)25(17-22)39-7)41-31(37)23-11-9-10-14-33(23)30(36)29(35)32(38)21(6)16-26(40-8)28(42-32)19(3)4/h15,18-19,21-28,34,38H,9-14,16-17H2,1-8H3/b20-15+/t21-,22?,23+,24-,25-,26+,27+,28?,32-/m1/s1. The van der Waals surface area contributed by atoms with Gasteiger partial charge in [-0.25, -0.2) is 4.79 Å². The smallest absolute Gasteiger partial charge is 0.329 e. The maximum Gasteiger partial charge on any atom is 0.329 e. The number of ether oxygens (including phenoxy) is 4. The topological polar surface area (TPSA) is 132 Å². The molecule has 2 unspecified atom stereocenters. The molecule has 0 aromatic carbocycles. The molecular weight excluding hydrogens is 542 g/mol. The number of carbonyl (C=O) groups excluding carboxylic acids is 3. The van der Waals surface area contributed by atoms with Gasteiger partial charge in [-0.1, -0.05) is 40.7 Å². The molecule has 1 amide bonds. The van der Waals surface area contributed by atoms with Crippen LogP contribution in [-0.2, 0) is 33.3 Å². The van der Waals surface area contributed by atoms with Crippen LogP contribution in [0.4, 0.5) is 0 Å². The summed E-state index contributed by atoms with van der Waals surface area (Å²) in [6, 6.07) is -0.929. The molecule has 3 fully saturated rings. The molecule has 10 nitrogen and oxygen atoms in total. The minimum atomic E-state index is -2.31. The maximum atomic E-state index is 13.6. The minimum Gasteiger partial charge on any atom is -0.456 e. The Bertz CT molecular complexity index is 981. The zero-order valence-corrected chi connectivity index (χ0v) is 26.7. The Morgan fingerprint density at radius 3 is 2.26 bits per heavy atom. The molecule has 0 aromatic heterocycles. The lowest BCUT2D eigenvalue weighted by atomic mass is 9.82. The Morgan fingerprint density at radius 1 is 1.00 bits per heavy atom. The zero-order chi connectivity index (χ0) is 31.4. The van der Waals surface area contributed by atoms with Gasteiger partial charge in [-0.3, -0.25) is 9.59 Å². The molecule has 0 spiro atoms. The molecule has 240 valence electrons. The molecule has 2 N–H and O–H groups in total. The number of rotatable bonds is 10. The van der Waals surface area contributed by atoms with Crippen molar-refractivity contribution in [1.82, 2.24) is 4.90 Å². The first-order chi connectivity index (χ1) is 19.7. The summed E-state index contributed by atoms with van der Waals surface area (Å²) < 4.78 is 23.0. The van der Waals surface area contributed by atoms with Crippen molar-refractivity contribution in [3.05, 3.63) is 11.6 Å². The molecule has 1 saturated carbocycles. The molecule has 0 radical (unpaired) electrons. The van der Waals surface area contributed by atoms with E-state index in [0.29, 0.717) is 38.5 Å². The highest BCUT2D eigenvalue weighted by Gasteiger charge is 2.55. The van der Waals surface area contributed by atoms with Crippen LogP contribution in [0.2, 0.25) is 0 Å². The summed E-state index contributed by atoms with van der Waals surface area (Å²) in [6.07, 6.45) is 4.23. The SMILES string of the molecule is CO[C@H]1C[C@@H](C)[C@](O)(C(=O)C(=O)N2CCCC[C@H]2C(=O)O[C@H](/C(C)=C/C2CC[C@@H](O)[C@H](OC)C2)C(C)C)OC1C(C)C. The molecule has 0 bridgehead atoms. The van der Waals surface area contributed by atoms with Crippen LogP contribution in [0.25, 0.3) is 0 Å². The lowest BCUT2D eigenvalue weighted by molar-refractivity contribution is -0.293. The Labute approximate surface area is 251 Å². The van der Waals surface area contributed by atoms with Gasteiger partial charge < -0.3 is 34.1 Å². The van der Waals surface area contributed by atoms with Gasteiger partial charge >= 0.3 is 5.97 Å². The monoisotopic (exact) mass is 595 g/mol. The van der Waals surface area contributed by atoms with Crippen LogP contribution in [-0.4, -0.2) is 95.9 Å². The van der Waals surface area contributed by atoms with Crippen molar-refractivity contribution in [2.45, 2.75) is 129 Å². The van der Waals surface area contributed by atoms with Crippen LogP contribution >= 0.6 is 0 Å². The van der Waals surface area contributed by atoms with E-state index in [0.717, 1.165) is 12.0 Å². The van der Waals surface area contributed by atoms with E-state index in [1.807, 2.05) is 34.6 Å². The van der Waals surface area contributed by atoms with Gasteiger partial charge in [0.25, 0.3) is 11.7 Å². The summed E-state index contributed by atoms with van der Waals surface area (Å²) in [6.45, 7) is 11.6. The van der Waals surface area contributed by atoms with Crippen molar-refractivity contribution in [1.29, 1.82) is 0 Å². The fourth-order valence-electron chi connectivity index (χ4n) is 6.79. The second-order valence-electron chi connectivity index (χ2n) is 13.2. The number of likely N-dealkylation sites (tertiary alicyclic amines) is 1. The van der Waals surface area contributed by atoms with Gasteiger partial charge in [0.2, 0.25) is 5.79 Å². The summed E-state index contributed by atoms with van der Waals surface area (Å²) in [5, 5.41) is 21.6. The fourth-order valence-corrected chi connectivity index (χ4v) is 6.79. The van der Waals surface area contributed by atoms with Crippen molar-refractivity contribution < 1.29 is 43.5 Å². The van der Waals surface area contributed by atoms with E-state index in [4.69, 9.17) is 18.9 Å². The summed E-state index contributed by atoms with van der Waals surface area (Å²) >= 11 is 0. The van der Waals surface area contributed by atoms with Gasteiger partial charge in [0, 0.05) is 26.7 Å². The number of aliphatic hydroxyl groups excluding tert-OH is 1. The van der Waals surface area contributed by atoms with Gasteiger partial charge in [-0.2, -0.15) is 0 Å². The highest BCUT2D eigenvalue weighted by molar-refractivity contribution is 6.39. The maximum absolute atomic E-state index is 13.6. The predicted octanol–water partition coefficient (Wildman–Crippen LogP) is 3.41. The number of amides is 1. The first-order valence-electron chi connectivity index (χ1n) is 15.6. The van der Waals surface area contributed by atoms with E-state index in [2.05, 4.69) is 6.08 Å². The number of allylic oxidation sites excluding steroid dienone is 1. The molecule has 10 heteroatoms. The summed E-state index contributed by atoms with van der Waals surface area (Å²) in [7, 11) is 3.17. The highest BCUT2D eigenvalue weighted by atomic mass is 16.7. The quantitative estimate of drug-likeness (QED) is 0.222. The predicted molar refractivity (Wildman–Crippen MR) is 156 cm³/mol. The number of ketones is 1. The molecule has 2 saturated heterocycles. The first kappa shape index (κ1) is 34.6. The first-order valence-corrected chi connectivity index (χ1v) is 15.6. The Kier molecular flexibility index (Phi) is 12.2. The van der Waals surface area contributed by atoms with Gasteiger partial charge in [-0.05, 0) is 75.2 Å². The van der Waals surface area contributed by atoms with E-state index >= 15 is 0 Å². The molecular formula is C32H53NO9. The van der Waals surface area contributed by atoms with Crippen molar-refractivity contribution >= 4 is 17.7 Å². The van der Waals surface area contributed by atoms with E-state index in [1.54, 1.807) is 21.1 Å². The largest absolute Gasteiger partial charge is 0.456 e. The average Bonchev–Trinajstić information content (AvgIpc) is 2.96. The van der Waals surface area contributed by atoms with Crippen molar-refractivity contribution in [2.24, 2.45) is 23.7 Å². The Hall–Kier alpha value is -1.85. The van der Waals surface area contributed by atoms with Gasteiger partial charge in [0.1, 0.15) is 12.1 Å². The molecule has 2 heterocycles. The van der Waals surface area contributed by atoms with Gasteiger partial charge in [0.15, 0.2) is 0 Å². The lowest BCUT2D eigenvalue weighted by Crippen LogP contribution is -2.63. The third kappa shape index (κ3) is 7.62. The van der Waals surface area contributed by atoms with Crippen LogP contribution < -0.4 is 0 Å². The minimum absolute atomic E-state index is 0.0223. The van der Waals surface area contributed by atoms with Crippen LogP contribution in [0.15, 0.2) is 11.6 Å². The number of carbonyl (C=O) groups is 3. The molecule has 9 atom stereocenters. The molecule has 42 heavy (non-hydrogen) atoms. The molecule has 3 aliphatic rings. The molecule has 2 aliphatic heterocycles. The second-order valence-corrected chi connectivity index (χ2v) is 13.2. The number of piperidine rings is 1. The lowest BCUT2D eigenvalue weighted by Gasteiger charge is -2.46. The van der Waals surface area contributed by atoms with Crippen molar-refractivity contribution in [3.8, 4) is 0 Å². The number of nitrogens with zero attached hydrogens (tertiary/aromatic N) is 1. The van der Waals surface area contributed by atoms with E-state index in [9.17, 15) is 24.6 Å². The average molecular weight is 596 g/mol. The number of hydrogen-bond donors (Lipinski definition) is 2. The number of methoxy groups -OCH3 is 2. The van der Waals surface area contributed by atoms with Crippen LogP contribution in [0.5, 0.6) is 0 Å². The Balaban J connectivity index is 1.76. The van der Waals surface area contributed by atoms with Crippen LogP contribution in [0.1, 0.15) is 86.5 Å². The number of aliphatic hydroxyl groups is 2. The van der Waals surface area contributed by atoms with Crippen molar-refractivity contribution in [3.63, 3.8) is 0 Å². The van der Waals surface area contributed by atoms with Crippen LogP contribution in [0.3, 0.4) is 0 Å². The number of hydrogen-bond acceptors (Lipinski definition) is 9. The summed E-state index contributed by atoms with van der Waals surface area (Å²) in [5.74, 6) is -5.41. The number of esters is 1.